The smallest absolute Gasteiger partial charge is 0.338 e. The Morgan fingerprint density at radius 1 is 0.951 bits per heavy atom. The number of esters is 1. The maximum absolute atomic E-state index is 13.6. The van der Waals surface area contributed by atoms with E-state index in [2.05, 4.69) is 22.0 Å². The van der Waals surface area contributed by atoms with Crippen molar-refractivity contribution in [2.24, 2.45) is 0 Å². The molecule has 1 aliphatic heterocycles. The molecule has 0 radical (unpaired) electrons. The van der Waals surface area contributed by atoms with Crippen molar-refractivity contribution in [1.82, 2.24) is 5.32 Å². The van der Waals surface area contributed by atoms with Crippen LogP contribution in [0, 0.1) is 18.3 Å². The number of allylic oxidation sites excluding steroid dienone is 2. The second kappa shape index (κ2) is 13.5. The number of dihydropyridines is 1. The summed E-state index contributed by atoms with van der Waals surface area (Å²) in [6, 6.07) is 25.5. The van der Waals surface area contributed by atoms with Gasteiger partial charge in [-0.1, -0.05) is 60.3 Å². The van der Waals surface area contributed by atoms with Crippen molar-refractivity contribution in [2.45, 2.75) is 26.7 Å². The van der Waals surface area contributed by atoms with Gasteiger partial charge in [0.25, 0.3) is 5.91 Å². The number of nitriles is 1. The summed E-state index contributed by atoms with van der Waals surface area (Å²) in [5.41, 5.74) is 4.63. The van der Waals surface area contributed by atoms with Gasteiger partial charge in [0, 0.05) is 22.6 Å². The zero-order valence-electron chi connectivity index (χ0n) is 23.0. The predicted molar refractivity (Wildman–Crippen MR) is 161 cm³/mol. The van der Waals surface area contributed by atoms with Crippen LogP contribution in [0.25, 0.3) is 0 Å². The Labute approximate surface area is 243 Å². The summed E-state index contributed by atoms with van der Waals surface area (Å²) >= 11 is 1.22. The number of anilines is 2. The average molecular weight is 567 g/mol. The normalized spacial score (nSPS) is 14.5. The van der Waals surface area contributed by atoms with Gasteiger partial charge in [0.1, 0.15) is 0 Å². The summed E-state index contributed by atoms with van der Waals surface area (Å²) in [5, 5.41) is 19.8. The lowest BCUT2D eigenvalue weighted by molar-refractivity contribution is -0.114. The van der Waals surface area contributed by atoms with E-state index in [1.165, 1.54) is 11.8 Å². The van der Waals surface area contributed by atoms with Crippen molar-refractivity contribution in [2.75, 3.05) is 23.0 Å². The van der Waals surface area contributed by atoms with Crippen LogP contribution < -0.4 is 16.0 Å². The van der Waals surface area contributed by atoms with Gasteiger partial charge < -0.3 is 20.7 Å². The molecule has 0 spiro atoms. The van der Waals surface area contributed by atoms with Crippen molar-refractivity contribution in [1.29, 1.82) is 5.26 Å². The molecule has 0 bridgehead atoms. The maximum atomic E-state index is 13.6. The van der Waals surface area contributed by atoms with E-state index in [0.29, 0.717) is 33.1 Å². The number of amides is 2. The zero-order chi connectivity index (χ0) is 29.4. The number of nitrogens with one attached hydrogen (secondary N) is 3. The van der Waals surface area contributed by atoms with Crippen molar-refractivity contribution in [3.63, 3.8) is 0 Å². The molecule has 1 atom stereocenters. The molecule has 3 aromatic carbocycles. The Kier molecular flexibility index (Phi) is 9.61. The first-order chi connectivity index (χ1) is 19.8. The molecule has 2 amide bonds. The lowest BCUT2D eigenvalue weighted by Crippen LogP contribution is -2.31. The second-order valence-electron chi connectivity index (χ2n) is 9.27. The van der Waals surface area contributed by atoms with Crippen LogP contribution in [-0.2, 0) is 14.3 Å². The van der Waals surface area contributed by atoms with E-state index in [9.17, 15) is 19.6 Å². The van der Waals surface area contributed by atoms with E-state index in [4.69, 9.17) is 4.74 Å². The fraction of sp³-hybridized carbons (Fsp3) is 0.188. The third kappa shape index (κ3) is 7.04. The van der Waals surface area contributed by atoms with Gasteiger partial charge in [-0.15, -0.1) is 0 Å². The molecule has 3 N–H and O–H groups in total. The minimum Gasteiger partial charge on any atom is -0.462 e. The van der Waals surface area contributed by atoms with Crippen LogP contribution in [0.2, 0.25) is 0 Å². The molecule has 8 nitrogen and oxygen atoms in total. The number of ether oxygens (including phenoxy) is 1. The highest BCUT2D eigenvalue weighted by atomic mass is 32.2. The van der Waals surface area contributed by atoms with Gasteiger partial charge in [0.2, 0.25) is 5.91 Å². The number of rotatable bonds is 9. The van der Waals surface area contributed by atoms with E-state index in [-0.39, 0.29) is 24.2 Å². The van der Waals surface area contributed by atoms with Gasteiger partial charge in [0.15, 0.2) is 0 Å². The minimum absolute atomic E-state index is 0.0744. The molecule has 0 fully saturated rings. The van der Waals surface area contributed by atoms with Gasteiger partial charge in [-0.3, -0.25) is 9.59 Å². The number of aryl methyl sites for hydroxylation is 1. The van der Waals surface area contributed by atoms with E-state index >= 15 is 0 Å². The monoisotopic (exact) mass is 566 g/mol. The molecular formula is C32H30N4O4S. The van der Waals surface area contributed by atoms with Crippen LogP contribution in [0.4, 0.5) is 11.4 Å². The number of thioether (sulfide) groups is 1. The van der Waals surface area contributed by atoms with E-state index in [0.717, 1.165) is 16.8 Å². The van der Waals surface area contributed by atoms with Crippen LogP contribution in [0.5, 0.6) is 0 Å². The molecule has 41 heavy (non-hydrogen) atoms. The third-order valence-electron chi connectivity index (χ3n) is 6.45. The highest BCUT2D eigenvalue weighted by Gasteiger charge is 2.34. The molecule has 0 aromatic heterocycles. The van der Waals surface area contributed by atoms with E-state index in [1.54, 1.807) is 38.1 Å². The number of nitrogens with zero attached hydrogens (tertiary/aromatic N) is 1. The summed E-state index contributed by atoms with van der Waals surface area (Å²) in [6.07, 6.45) is 0. The Morgan fingerprint density at radius 3 is 2.29 bits per heavy atom. The van der Waals surface area contributed by atoms with Crippen molar-refractivity contribution in [3.8, 4) is 6.07 Å². The molecule has 3 aromatic rings. The van der Waals surface area contributed by atoms with Gasteiger partial charge in [-0.05, 0) is 62.2 Å². The summed E-state index contributed by atoms with van der Waals surface area (Å²) in [6.45, 7) is 5.70. The van der Waals surface area contributed by atoms with Crippen LogP contribution in [-0.4, -0.2) is 30.1 Å². The van der Waals surface area contributed by atoms with Crippen LogP contribution in [0.15, 0.2) is 101 Å². The number of hydrogen-bond donors (Lipinski definition) is 3. The lowest BCUT2D eigenvalue weighted by Gasteiger charge is -2.30. The Morgan fingerprint density at radius 2 is 1.63 bits per heavy atom. The van der Waals surface area contributed by atoms with Gasteiger partial charge in [-0.25, -0.2) is 4.79 Å². The molecule has 0 aliphatic carbocycles. The Balaban J connectivity index is 1.58. The van der Waals surface area contributed by atoms with Gasteiger partial charge >= 0.3 is 5.97 Å². The van der Waals surface area contributed by atoms with Crippen molar-refractivity contribution >= 4 is 40.9 Å². The highest BCUT2D eigenvalue weighted by molar-refractivity contribution is 8.03. The molecule has 9 heteroatoms. The first-order valence-electron chi connectivity index (χ1n) is 13.1. The Bertz CT molecular complexity index is 1560. The standard InChI is InChI=1S/C32H30N4O4S/c1-4-40-32(39)23-14-16-24(17-15-23)35-30(38)28-21(3)34-31(25(18-33)29(28)22-11-6-5-7-12-22)41-19-27(37)36-26-13-9-8-10-20(26)2/h5-17,29,34H,4,19H2,1-3H3,(H,35,38)(H,36,37)/t29-/m0/s1. The lowest BCUT2D eigenvalue weighted by atomic mass is 9.82. The minimum atomic E-state index is -0.650. The first-order valence-corrected chi connectivity index (χ1v) is 14.0. The number of hydrogen-bond acceptors (Lipinski definition) is 7. The van der Waals surface area contributed by atoms with Gasteiger partial charge in [-0.2, -0.15) is 5.26 Å². The van der Waals surface area contributed by atoms with Gasteiger partial charge in [0.05, 0.1) is 40.5 Å². The summed E-state index contributed by atoms with van der Waals surface area (Å²) in [4.78, 5) is 38.4. The van der Waals surface area contributed by atoms with E-state index < -0.39 is 11.9 Å². The van der Waals surface area contributed by atoms with Crippen molar-refractivity contribution < 1.29 is 19.1 Å². The molecular weight excluding hydrogens is 536 g/mol. The summed E-state index contributed by atoms with van der Waals surface area (Å²) < 4.78 is 5.02. The zero-order valence-corrected chi connectivity index (χ0v) is 23.8. The molecule has 0 saturated heterocycles. The molecule has 208 valence electrons. The maximum Gasteiger partial charge on any atom is 0.338 e. The largest absolute Gasteiger partial charge is 0.462 e. The fourth-order valence-electron chi connectivity index (χ4n) is 4.45. The topological polar surface area (TPSA) is 120 Å². The highest BCUT2D eigenvalue weighted by Crippen LogP contribution is 2.41. The number of carbonyl (C=O) groups excluding carboxylic acids is 3. The first kappa shape index (κ1) is 29.2. The summed E-state index contributed by atoms with van der Waals surface area (Å²) in [5.74, 6) is -1.61. The molecule has 1 aliphatic rings. The molecule has 1 heterocycles. The Hall–Kier alpha value is -4.81. The number of para-hydroxylation sites is 1. The van der Waals surface area contributed by atoms with Crippen molar-refractivity contribution in [3.05, 3.63) is 117 Å². The van der Waals surface area contributed by atoms with Crippen LogP contribution >= 0.6 is 11.8 Å². The quantitative estimate of drug-likeness (QED) is 0.277. The summed E-state index contributed by atoms with van der Waals surface area (Å²) in [7, 11) is 0. The van der Waals surface area contributed by atoms with Crippen LogP contribution in [0.3, 0.4) is 0 Å². The molecule has 4 rings (SSSR count). The van der Waals surface area contributed by atoms with E-state index in [1.807, 2.05) is 61.5 Å². The third-order valence-corrected chi connectivity index (χ3v) is 7.46. The SMILES string of the molecule is CCOC(=O)c1ccc(NC(=O)C2=C(C)NC(SCC(=O)Nc3ccccc3C)=C(C#N)[C@@H]2c2ccccc2)cc1. The molecule has 0 saturated carbocycles. The number of benzene rings is 3. The second-order valence-corrected chi connectivity index (χ2v) is 10.3. The predicted octanol–water partition coefficient (Wildman–Crippen LogP) is 5.88. The van der Waals surface area contributed by atoms with Crippen LogP contribution in [0.1, 0.15) is 41.3 Å². The fourth-order valence-corrected chi connectivity index (χ4v) is 5.34. The average Bonchev–Trinajstić information content (AvgIpc) is 2.97. The molecule has 0 unspecified atom stereocenters. The number of carbonyl (C=O) groups is 3.